The van der Waals surface area contributed by atoms with Crippen molar-refractivity contribution >= 4 is 17.3 Å². The molecule has 0 radical (unpaired) electrons. The summed E-state index contributed by atoms with van der Waals surface area (Å²) in [5.41, 5.74) is 0.687. The Morgan fingerprint density at radius 2 is 2.20 bits per heavy atom. The van der Waals surface area contributed by atoms with Gasteiger partial charge in [0, 0.05) is 14.1 Å². The topological polar surface area (TPSA) is 57.8 Å². The van der Waals surface area contributed by atoms with E-state index in [1.807, 2.05) is 31.1 Å². The van der Waals surface area contributed by atoms with E-state index in [4.69, 9.17) is 5.11 Å². The van der Waals surface area contributed by atoms with Crippen LogP contribution in [0, 0.1) is 0 Å². The standard InChI is InChI=1S/C10H11N3O2/c1-12(2)8-5-3-4-7-9(10(14)15)11-6-13(7)8/h3-6H,1-2H3,(H,14,15). The van der Waals surface area contributed by atoms with Crippen LogP contribution in [0.3, 0.4) is 0 Å². The molecule has 5 heteroatoms. The van der Waals surface area contributed by atoms with Crippen molar-refractivity contribution in [1.29, 1.82) is 0 Å². The number of imidazole rings is 1. The van der Waals surface area contributed by atoms with Crippen molar-refractivity contribution < 1.29 is 9.90 Å². The molecule has 0 aromatic carbocycles. The maximum Gasteiger partial charge on any atom is 0.356 e. The Bertz CT molecular complexity index is 516. The SMILES string of the molecule is CN(C)c1cccc2c(C(=O)O)ncn12. The first-order valence-corrected chi connectivity index (χ1v) is 4.48. The number of aromatic nitrogens is 2. The minimum atomic E-state index is -1.01. The number of rotatable bonds is 2. The highest BCUT2D eigenvalue weighted by atomic mass is 16.4. The second-order valence-corrected chi connectivity index (χ2v) is 3.43. The van der Waals surface area contributed by atoms with Gasteiger partial charge in [-0.25, -0.2) is 9.78 Å². The van der Waals surface area contributed by atoms with Crippen molar-refractivity contribution in [3.05, 3.63) is 30.2 Å². The summed E-state index contributed by atoms with van der Waals surface area (Å²) >= 11 is 0. The first-order valence-electron chi connectivity index (χ1n) is 4.48. The molecular formula is C10H11N3O2. The molecule has 0 atom stereocenters. The van der Waals surface area contributed by atoms with E-state index in [2.05, 4.69) is 4.98 Å². The normalized spacial score (nSPS) is 10.5. The van der Waals surface area contributed by atoms with Gasteiger partial charge in [-0.1, -0.05) is 6.07 Å². The summed E-state index contributed by atoms with van der Waals surface area (Å²) in [5, 5.41) is 8.91. The van der Waals surface area contributed by atoms with E-state index in [1.54, 1.807) is 10.5 Å². The number of carbonyl (C=O) groups is 1. The fraction of sp³-hybridized carbons (Fsp3) is 0.200. The number of hydrogen-bond acceptors (Lipinski definition) is 3. The van der Waals surface area contributed by atoms with Crippen LogP contribution in [-0.2, 0) is 0 Å². The van der Waals surface area contributed by atoms with Gasteiger partial charge in [0.1, 0.15) is 12.1 Å². The van der Waals surface area contributed by atoms with Crippen molar-refractivity contribution in [2.24, 2.45) is 0 Å². The third-order valence-electron chi connectivity index (χ3n) is 2.21. The Kier molecular flexibility index (Phi) is 2.07. The summed E-state index contributed by atoms with van der Waals surface area (Å²) in [4.78, 5) is 16.6. The maximum absolute atomic E-state index is 10.9. The molecule has 2 aromatic rings. The Morgan fingerprint density at radius 1 is 1.47 bits per heavy atom. The third-order valence-corrected chi connectivity index (χ3v) is 2.21. The van der Waals surface area contributed by atoms with Crippen LogP contribution in [0.5, 0.6) is 0 Å². The van der Waals surface area contributed by atoms with Gasteiger partial charge < -0.3 is 10.0 Å². The lowest BCUT2D eigenvalue weighted by atomic mass is 10.3. The van der Waals surface area contributed by atoms with Gasteiger partial charge in [-0.3, -0.25) is 4.40 Å². The minimum absolute atomic E-state index is 0.0821. The Hall–Kier alpha value is -2.04. The number of anilines is 1. The average Bonchev–Trinajstić information content (AvgIpc) is 2.59. The van der Waals surface area contributed by atoms with Gasteiger partial charge in [0.25, 0.3) is 0 Å². The van der Waals surface area contributed by atoms with E-state index in [0.29, 0.717) is 5.52 Å². The second kappa shape index (κ2) is 3.27. The highest BCUT2D eigenvalue weighted by Crippen LogP contribution is 2.17. The summed E-state index contributed by atoms with van der Waals surface area (Å²) in [5.74, 6) is -0.110. The third kappa shape index (κ3) is 1.41. The number of carboxylic acid groups (broad SMARTS) is 1. The quantitative estimate of drug-likeness (QED) is 0.797. The smallest absolute Gasteiger partial charge is 0.356 e. The predicted molar refractivity (Wildman–Crippen MR) is 56.5 cm³/mol. The van der Waals surface area contributed by atoms with Crippen molar-refractivity contribution in [2.75, 3.05) is 19.0 Å². The lowest BCUT2D eigenvalue weighted by Gasteiger charge is -2.14. The number of nitrogens with zero attached hydrogens (tertiary/aromatic N) is 3. The molecule has 5 nitrogen and oxygen atoms in total. The summed E-state index contributed by atoms with van der Waals surface area (Å²) in [6.45, 7) is 0. The van der Waals surface area contributed by atoms with Gasteiger partial charge in [0.05, 0.1) is 5.52 Å². The largest absolute Gasteiger partial charge is 0.476 e. The second-order valence-electron chi connectivity index (χ2n) is 3.43. The monoisotopic (exact) mass is 205 g/mol. The number of carboxylic acids is 1. The van der Waals surface area contributed by atoms with E-state index in [1.165, 1.54) is 6.33 Å². The Balaban J connectivity index is 2.74. The zero-order chi connectivity index (χ0) is 11.0. The Labute approximate surface area is 86.6 Å². The number of pyridine rings is 1. The van der Waals surface area contributed by atoms with Crippen LogP contribution in [0.4, 0.5) is 5.82 Å². The molecule has 1 N–H and O–H groups in total. The molecule has 2 heterocycles. The van der Waals surface area contributed by atoms with Crippen LogP contribution < -0.4 is 4.90 Å². The van der Waals surface area contributed by atoms with Crippen LogP contribution in [-0.4, -0.2) is 34.6 Å². The molecular weight excluding hydrogens is 194 g/mol. The number of hydrogen-bond donors (Lipinski definition) is 1. The van der Waals surface area contributed by atoms with E-state index in [9.17, 15) is 4.79 Å². The van der Waals surface area contributed by atoms with Crippen LogP contribution in [0.2, 0.25) is 0 Å². The van der Waals surface area contributed by atoms with Crippen molar-refractivity contribution in [3.63, 3.8) is 0 Å². The van der Waals surface area contributed by atoms with E-state index < -0.39 is 5.97 Å². The summed E-state index contributed by atoms with van der Waals surface area (Å²) in [6.07, 6.45) is 1.52. The molecule has 0 saturated carbocycles. The van der Waals surface area contributed by atoms with Gasteiger partial charge >= 0.3 is 5.97 Å². The first kappa shape index (κ1) is 9.51. The molecule has 0 fully saturated rings. The number of aromatic carboxylic acids is 1. The van der Waals surface area contributed by atoms with Crippen LogP contribution in [0.15, 0.2) is 24.5 Å². The van der Waals surface area contributed by atoms with E-state index >= 15 is 0 Å². The van der Waals surface area contributed by atoms with Crippen molar-refractivity contribution in [1.82, 2.24) is 9.38 Å². The Morgan fingerprint density at radius 3 is 2.80 bits per heavy atom. The fourth-order valence-electron chi connectivity index (χ4n) is 1.53. The summed E-state index contributed by atoms with van der Waals surface area (Å²) < 4.78 is 1.75. The van der Waals surface area contributed by atoms with Gasteiger partial charge in [-0.05, 0) is 12.1 Å². The van der Waals surface area contributed by atoms with Gasteiger partial charge in [0.2, 0.25) is 0 Å². The molecule has 2 aromatic heterocycles. The summed E-state index contributed by atoms with van der Waals surface area (Å²) in [7, 11) is 3.80. The van der Waals surface area contributed by atoms with E-state index in [-0.39, 0.29) is 5.69 Å². The highest BCUT2D eigenvalue weighted by Gasteiger charge is 2.13. The molecule has 0 saturated heterocycles. The van der Waals surface area contributed by atoms with Crippen molar-refractivity contribution in [3.8, 4) is 0 Å². The molecule has 0 aliphatic rings. The molecule has 2 rings (SSSR count). The van der Waals surface area contributed by atoms with Crippen LogP contribution >= 0.6 is 0 Å². The molecule has 0 aliphatic heterocycles. The molecule has 0 aliphatic carbocycles. The zero-order valence-corrected chi connectivity index (χ0v) is 8.51. The molecule has 0 bridgehead atoms. The fourth-order valence-corrected chi connectivity index (χ4v) is 1.53. The number of fused-ring (bicyclic) bond motifs is 1. The van der Waals surface area contributed by atoms with Gasteiger partial charge in [-0.15, -0.1) is 0 Å². The zero-order valence-electron chi connectivity index (χ0n) is 8.51. The lowest BCUT2D eigenvalue weighted by molar-refractivity contribution is 0.0693. The molecule has 78 valence electrons. The van der Waals surface area contributed by atoms with Gasteiger partial charge in [0.15, 0.2) is 5.69 Å². The van der Waals surface area contributed by atoms with E-state index in [0.717, 1.165) is 5.82 Å². The minimum Gasteiger partial charge on any atom is -0.476 e. The molecule has 0 unspecified atom stereocenters. The molecule has 0 amide bonds. The maximum atomic E-state index is 10.9. The first-order chi connectivity index (χ1) is 7.11. The highest BCUT2D eigenvalue weighted by molar-refractivity contribution is 5.93. The van der Waals surface area contributed by atoms with Gasteiger partial charge in [-0.2, -0.15) is 0 Å². The molecule has 0 spiro atoms. The van der Waals surface area contributed by atoms with Crippen molar-refractivity contribution in [2.45, 2.75) is 0 Å². The molecule has 15 heavy (non-hydrogen) atoms. The average molecular weight is 205 g/mol. The summed E-state index contributed by atoms with van der Waals surface area (Å²) in [6, 6.07) is 5.46. The lowest BCUT2D eigenvalue weighted by Crippen LogP contribution is -2.12. The van der Waals surface area contributed by atoms with Crippen LogP contribution in [0.1, 0.15) is 10.5 Å². The van der Waals surface area contributed by atoms with Crippen LogP contribution in [0.25, 0.3) is 5.52 Å². The predicted octanol–water partition coefficient (Wildman–Crippen LogP) is 1.10.